The molecule has 2 amide bonds. The zero-order chi connectivity index (χ0) is 12.8. The second-order valence-corrected chi connectivity index (χ2v) is 3.57. The standard InChI is InChI=1S/C9H11ClN4O3/c10-6-1-2-7(8(5-6)14(16)17)12-3-4-13-9(11)15/h1-2,5,12H,3-4H2,(H3,11,13,15). The normalized spacial score (nSPS) is 9.71. The van der Waals surface area contributed by atoms with Gasteiger partial charge in [-0.15, -0.1) is 0 Å². The number of hydrogen-bond acceptors (Lipinski definition) is 4. The first-order valence-corrected chi connectivity index (χ1v) is 5.09. The highest BCUT2D eigenvalue weighted by Crippen LogP contribution is 2.27. The number of carbonyl (C=O) groups is 1. The van der Waals surface area contributed by atoms with E-state index in [1.54, 1.807) is 6.07 Å². The number of urea groups is 1. The van der Waals surface area contributed by atoms with Crippen molar-refractivity contribution in [1.82, 2.24) is 5.32 Å². The summed E-state index contributed by atoms with van der Waals surface area (Å²) in [5.74, 6) is 0. The highest BCUT2D eigenvalue weighted by molar-refractivity contribution is 6.30. The van der Waals surface area contributed by atoms with E-state index in [0.717, 1.165) is 0 Å². The number of nitrogens with zero attached hydrogens (tertiary/aromatic N) is 1. The van der Waals surface area contributed by atoms with E-state index in [1.807, 2.05) is 0 Å². The smallest absolute Gasteiger partial charge is 0.312 e. The van der Waals surface area contributed by atoms with Gasteiger partial charge in [0.25, 0.3) is 5.69 Å². The van der Waals surface area contributed by atoms with Gasteiger partial charge in [0.15, 0.2) is 0 Å². The molecule has 0 heterocycles. The molecule has 0 aliphatic carbocycles. The third-order valence-corrected chi connectivity index (χ3v) is 2.13. The molecule has 92 valence electrons. The number of carbonyl (C=O) groups excluding carboxylic acids is 1. The number of halogens is 1. The summed E-state index contributed by atoms with van der Waals surface area (Å²) in [6.07, 6.45) is 0. The summed E-state index contributed by atoms with van der Waals surface area (Å²) in [7, 11) is 0. The Hall–Kier alpha value is -2.02. The highest BCUT2D eigenvalue weighted by atomic mass is 35.5. The molecule has 8 heteroatoms. The van der Waals surface area contributed by atoms with E-state index < -0.39 is 11.0 Å². The van der Waals surface area contributed by atoms with Crippen LogP contribution in [0.1, 0.15) is 0 Å². The van der Waals surface area contributed by atoms with Crippen LogP contribution in [0.2, 0.25) is 5.02 Å². The molecule has 0 aliphatic heterocycles. The number of amides is 2. The average Bonchev–Trinajstić information content (AvgIpc) is 2.25. The van der Waals surface area contributed by atoms with Crippen molar-refractivity contribution in [1.29, 1.82) is 0 Å². The lowest BCUT2D eigenvalue weighted by molar-refractivity contribution is -0.383. The molecule has 0 atom stereocenters. The largest absolute Gasteiger partial charge is 0.378 e. The van der Waals surface area contributed by atoms with Crippen molar-refractivity contribution in [3.05, 3.63) is 33.3 Å². The maximum absolute atomic E-state index is 10.7. The summed E-state index contributed by atoms with van der Waals surface area (Å²) in [5.41, 5.74) is 5.09. The Bertz CT molecular complexity index is 438. The summed E-state index contributed by atoms with van der Waals surface area (Å²) in [6.45, 7) is 0.598. The van der Waals surface area contributed by atoms with Crippen LogP contribution in [0.25, 0.3) is 0 Å². The first-order valence-electron chi connectivity index (χ1n) is 4.72. The third kappa shape index (κ3) is 4.15. The minimum absolute atomic E-state index is 0.114. The van der Waals surface area contributed by atoms with Gasteiger partial charge in [0.05, 0.1) is 4.92 Å². The van der Waals surface area contributed by atoms with Gasteiger partial charge in [0.2, 0.25) is 0 Å². The molecule has 17 heavy (non-hydrogen) atoms. The molecule has 1 aromatic rings. The second kappa shape index (κ2) is 5.90. The SMILES string of the molecule is NC(=O)NCCNc1ccc(Cl)cc1[N+](=O)[O-]. The zero-order valence-electron chi connectivity index (χ0n) is 8.77. The lowest BCUT2D eigenvalue weighted by Crippen LogP contribution is -2.33. The van der Waals surface area contributed by atoms with E-state index in [4.69, 9.17) is 17.3 Å². The van der Waals surface area contributed by atoms with E-state index in [2.05, 4.69) is 10.6 Å². The number of rotatable bonds is 5. The maximum Gasteiger partial charge on any atom is 0.312 e. The Morgan fingerprint density at radius 1 is 1.47 bits per heavy atom. The fourth-order valence-electron chi connectivity index (χ4n) is 1.19. The van der Waals surface area contributed by atoms with Crippen molar-refractivity contribution in [3.8, 4) is 0 Å². The van der Waals surface area contributed by atoms with Gasteiger partial charge in [-0.2, -0.15) is 0 Å². The quantitative estimate of drug-likeness (QED) is 0.420. The lowest BCUT2D eigenvalue weighted by Gasteiger charge is -2.07. The Kier molecular flexibility index (Phi) is 4.53. The molecule has 0 spiro atoms. The summed E-state index contributed by atoms with van der Waals surface area (Å²) in [5, 5.41) is 16.2. The second-order valence-electron chi connectivity index (χ2n) is 3.14. The first-order chi connectivity index (χ1) is 8.00. The fraction of sp³-hybridized carbons (Fsp3) is 0.222. The van der Waals surface area contributed by atoms with E-state index in [0.29, 0.717) is 12.2 Å². The molecule has 0 unspecified atom stereocenters. The zero-order valence-corrected chi connectivity index (χ0v) is 9.53. The molecule has 0 bridgehead atoms. The number of nitrogens with one attached hydrogen (secondary N) is 2. The van der Waals surface area contributed by atoms with Crippen molar-refractivity contribution in [2.45, 2.75) is 0 Å². The molecule has 0 fully saturated rings. The average molecular weight is 259 g/mol. The minimum atomic E-state index is -0.641. The van der Waals surface area contributed by atoms with Gasteiger partial charge >= 0.3 is 6.03 Å². The van der Waals surface area contributed by atoms with Crippen molar-refractivity contribution in [2.24, 2.45) is 5.73 Å². The number of nitrogens with two attached hydrogens (primary N) is 1. The summed E-state index contributed by atoms with van der Waals surface area (Å²) < 4.78 is 0. The molecule has 1 aromatic carbocycles. The monoisotopic (exact) mass is 258 g/mol. The fourth-order valence-corrected chi connectivity index (χ4v) is 1.35. The van der Waals surface area contributed by atoms with Crippen molar-refractivity contribution < 1.29 is 9.72 Å². The number of nitro groups is 1. The first kappa shape index (κ1) is 13.0. The molecule has 0 aliphatic rings. The number of hydrogen-bond donors (Lipinski definition) is 3. The van der Waals surface area contributed by atoms with Crippen LogP contribution in [0, 0.1) is 10.1 Å². The van der Waals surface area contributed by atoms with Crippen molar-refractivity contribution in [2.75, 3.05) is 18.4 Å². The summed E-state index contributed by atoms with van der Waals surface area (Å²) >= 11 is 5.66. The topological polar surface area (TPSA) is 110 Å². The Morgan fingerprint density at radius 3 is 2.76 bits per heavy atom. The Morgan fingerprint density at radius 2 is 2.18 bits per heavy atom. The van der Waals surface area contributed by atoms with Gasteiger partial charge < -0.3 is 16.4 Å². The van der Waals surface area contributed by atoms with Gasteiger partial charge in [0.1, 0.15) is 5.69 Å². The van der Waals surface area contributed by atoms with Crippen LogP contribution in [0.15, 0.2) is 18.2 Å². The maximum atomic E-state index is 10.7. The Balaban J connectivity index is 2.64. The summed E-state index contributed by atoms with van der Waals surface area (Å²) in [6, 6.07) is 3.66. The predicted octanol–water partition coefficient (Wildman–Crippen LogP) is 1.33. The number of primary amides is 1. The van der Waals surface area contributed by atoms with Gasteiger partial charge in [0, 0.05) is 24.2 Å². The molecular formula is C9H11ClN4O3. The van der Waals surface area contributed by atoms with Crippen LogP contribution in [0.3, 0.4) is 0 Å². The van der Waals surface area contributed by atoms with E-state index in [-0.39, 0.29) is 17.3 Å². The van der Waals surface area contributed by atoms with Crippen LogP contribution < -0.4 is 16.4 Å². The van der Waals surface area contributed by atoms with Crippen molar-refractivity contribution in [3.63, 3.8) is 0 Å². The summed E-state index contributed by atoms with van der Waals surface area (Å²) in [4.78, 5) is 20.6. The van der Waals surface area contributed by atoms with Crippen LogP contribution in [-0.4, -0.2) is 24.0 Å². The predicted molar refractivity (Wildman–Crippen MR) is 64.2 cm³/mol. The lowest BCUT2D eigenvalue weighted by atomic mass is 10.2. The molecule has 4 N–H and O–H groups in total. The van der Waals surface area contributed by atoms with Gasteiger partial charge in [-0.3, -0.25) is 10.1 Å². The van der Waals surface area contributed by atoms with E-state index in [9.17, 15) is 14.9 Å². The van der Waals surface area contributed by atoms with E-state index in [1.165, 1.54) is 12.1 Å². The highest BCUT2D eigenvalue weighted by Gasteiger charge is 2.13. The number of benzene rings is 1. The molecule has 0 radical (unpaired) electrons. The molecule has 0 saturated heterocycles. The minimum Gasteiger partial charge on any atom is -0.378 e. The Labute approximate surface area is 102 Å². The molecule has 0 saturated carbocycles. The number of nitro benzene ring substituents is 1. The molecule has 1 rings (SSSR count). The van der Waals surface area contributed by atoms with E-state index >= 15 is 0 Å². The third-order valence-electron chi connectivity index (χ3n) is 1.90. The number of anilines is 1. The van der Waals surface area contributed by atoms with Crippen LogP contribution >= 0.6 is 11.6 Å². The van der Waals surface area contributed by atoms with Crippen LogP contribution in [0.5, 0.6) is 0 Å². The molecular weight excluding hydrogens is 248 g/mol. The van der Waals surface area contributed by atoms with Crippen molar-refractivity contribution >= 4 is 29.0 Å². The van der Waals surface area contributed by atoms with Crippen LogP contribution in [0.4, 0.5) is 16.2 Å². The van der Waals surface area contributed by atoms with Gasteiger partial charge in [-0.25, -0.2) is 4.79 Å². The van der Waals surface area contributed by atoms with Gasteiger partial charge in [-0.1, -0.05) is 11.6 Å². The molecule has 0 aromatic heterocycles. The van der Waals surface area contributed by atoms with Crippen LogP contribution in [-0.2, 0) is 0 Å². The van der Waals surface area contributed by atoms with Gasteiger partial charge in [-0.05, 0) is 12.1 Å². The molecule has 7 nitrogen and oxygen atoms in total.